The summed E-state index contributed by atoms with van der Waals surface area (Å²) in [5.74, 6) is -1.45. The molecule has 1 saturated carbocycles. The summed E-state index contributed by atoms with van der Waals surface area (Å²) in [5.41, 5.74) is 1.47. The number of imide groups is 1. The number of carbonyl (C=O) groups is 3. The lowest BCUT2D eigenvalue weighted by atomic mass is 10.1. The Morgan fingerprint density at radius 1 is 1.21 bits per heavy atom. The highest BCUT2D eigenvalue weighted by molar-refractivity contribution is 6.15. The zero-order valence-electron chi connectivity index (χ0n) is 16.6. The SMILES string of the molecule is Cc1ccc(N2C(=O)N(CC(=O)N(CC(F)(F)F)[C@H](C)C3CC3)C(=O)[C@@H]2C)cc1. The predicted octanol–water partition coefficient (Wildman–Crippen LogP) is 3.34. The summed E-state index contributed by atoms with van der Waals surface area (Å²) in [6.07, 6.45) is -3.02. The van der Waals surface area contributed by atoms with Gasteiger partial charge in [-0.3, -0.25) is 19.4 Å². The summed E-state index contributed by atoms with van der Waals surface area (Å²) in [6, 6.07) is 4.82. The number of aryl methyl sites for hydroxylation is 1. The van der Waals surface area contributed by atoms with Crippen LogP contribution in [0.5, 0.6) is 0 Å². The van der Waals surface area contributed by atoms with E-state index in [1.165, 1.54) is 11.8 Å². The second-order valence-corrected chi connectivity index (χ2v) is 7.80. The topological polar surface area (TPSA) is 60.9 Å². The van der Waals surface area contributed by atoms with E-state index in [9.17, 15) is 27.6 Å². The van der Waals surface area contributed by atoms with Crippen LogP contribution in [-0.4, -0.2) is 59.0 Å². The molecule has 1 aliphatic carbocycles. The van der Waals surface area contributed by atoms with Gasteiger partial charge in [-0.1, -0.05) is 17.7 Å². The Hall–Kier alpha value is -2.58. The van der Waals surface area contributed by atoms with Crippen molar-refractivity contribution >= 4 is 23.5 Å². The van der Waals surface area contributed by atoms with Gasteiger partial charge in [0, 0.05) is 11.7 Å². The molecule has 0 unspecified atom stereocenters. The molecule has 1 aliphatic heterocycles. The van der Waals surface area contributed by atoms with Gasteiger partial charge < -0.3 is 4.90 Å². The number of anilines is 1. The van der Waals surface area contributed by atoms with Crippen molar-refractivity contribution in [3.63, 3.8) is 0 Å². The molecule has 4 amide bonds. The van der Waals surface area contributed by atoms with Crippen molar-refractivity contribution in [1.82, 2.24) is 9.80 Å². The van der Waals surface area contributed by atoms with Gasteiger partial charge in [-0.2, -0.15) is 13.2 Å². The van der Waals surface area contributed by atoms with Gasteiger partial charge in [0.05, 0.1) is 0 Å². The van der Waals surface area contributed by atoms with Crippen LogP contribution in [-0.2, 0) is 9.59 Å². The molecule has 3 rings (SSSR count). The van der Waals surface area contributed by atoms with Crippen molar-refractivity contribution in [3.8, 4) is 0 Å². The fourth-order valence-electron chi connectivity index (χ4n) is 3.62. The van der Waals surface area contributed by atoms with Crippen molar-refractivity contribution in [3.05, 3.63) is 29.8 Å². The predicted molar refractivity (Wildman–Crippen MR) is 100 cm³/mol. The first-order valence-corrected chi connectivity index (χ1v) is 9.57. The van der Waals surface area contributed by atoms with Crippen LogP contribution in [0.25, 0.3) is 0 Å². The molecule has 0 radical (unpaired) electrons. The zero-order chi connectivity index (χ0) is 21.5. The molecule has 2 fully saturated rings. The lowest BCUT2D eigenvalue weighted by Crippen LogP contribution is -2.50. The number of urea groups is 1. The smallest absolute Gasteiger partial charge is 0.329 e. The zero-order valence-corrected chi connectivity index (χ0v) is 16.6. The molecule has 1 heterocycles. The van der Waals surface area contributed by atoms with Crippen LogP contribution in [0.4, 0.5) is 23.7 Å². The maximum atomic E-state index is 13.0. The van der Waals surface area contributed by atoms with Crippen LogP contribution >= 0.6 is 0 Å². The molecule has 0 aromatic heterocycles. The number of amides is 4. The second kappa shape index (κ2) is 7.68. The molecule has 1 aromatic rings. The van der Waals surface area contributed by atoms with E-state index in [1.807, 2.05) is 6.92 Å². The van der Waals surface area contributed by atoms with E-state index in [0.29, 0.717) is 5.69 Å². The van der Waals surface area contributed by atoms with Crippen LogP contribution in [0, 0.1) is 12.8 Å². The van der Waals surface area contributed by atoms with Gasteiger partial charge in [-0.15, -0.1) is 0 Å². The number of alkyl halides is 3. The highest BCUT2D eigenvalue weighted by atomic mass is 19.4. The fraction of sp³-hybridized carbons (Fsp3) is 0.550. The highest BCUT2D eigenvalue weighted by Gasteiger charge is 2.46. The molecule has 0 N–H and O–H groups in total. The highest BCUT2D eigenvalue weighted by Crippen LogP contribution is 2.36. The average Bonchev–Trinajstić information content (AvgIpc) is 3.46. The molecule has 158 valence electrons. The molecule has 1 aromatic carbocycles. The van der Waals surface area contributed by atoms with Crippen molar-refractivity contribution in [2.75, 3.05) is 18.0 Å². The summed E-state index contributed by atoms with van der Waals surface area (Å²) in [6.45, 7) is 2.90. The first-order valence-electron chi connectivity index (χ1n) is 9.57. The molecule has 9 heteroatoms. The maximum Gasteiger partial charge on any atom is 0.406 e. The third kappa shape index (κ3) is 4.54. The third-order valence-corrected chi connectivity index (χ3v) is 5.52. The van der Waals surface area contributed by atoms with Crippen LogP contribution in [0.1, 0.15) is 32.3 Å². The normalized spacial score (nSPS) is 21.0. The summed E-state index contributed by atoms with van der Waals surface area (Å²) in [7, 11) is 0. The molecule has 0 spiro atoms. The van der Waals surface area contributed by atoms with Gasteiger partial charge in [-0.25, -0.2) is 4.79 Å². The Bertz CT molecular complexity index is 805. The minimum Gasteiger partial charge on any atom is -0.329 e. The van der Waals surface area contributed by atoms with Crippen molar-refractivity contribution < 1.29 is 27.6 Å². The summed E-state index contributed by atoms with van der Waals surface area (Å²) < 4.78 is 39.0. The van der Waals surface area contributed by atoms with Gasteiger partial charge in [0.25, 0.3) is 5.91 Å². The number of nitrogens with zero attached hydrogens (tertiary/aromatic N) is 3. The van der Waals surface area contributed by atoms with E-state index in [1.54, 1.807) is 31.2 Å². The molecular formula is C20H24F3N3O3. The van der Waals surface area contributed by atoms with E-state index in [-0.39, 0.29) is 5.92 Å². The second-order valence-electron chi connectivity index (χ2n) is 7.80. The van der Waals surface area contributed by atoms with Crippen molar-refractivity contribution in [1.29, 1.82) is 0 Å². The number of carbonyl (C=O) groups excluding carboxylic acids is 3. The monoisotopic (exact) mass is 411 g/mol. The van der Waals surface area contributed by atoms with Crippen LogP contribution in [0.3, 0.4) is 0 Å². The minimum absolute atomic E-state index is 0.0225. The maximum absolute atomic E-state index is 13.0. The number of benzene rings is 1. The summed E-state index contributed by atoms with van der Waals surface area (Å²) in [4.78, 5) is 40.9. The minimum atomic E-state index is -4.56. The van der Waals surface area contributed by atoms with E-state index in [4.69, 9.17) is 0 Å². The third-order valence-electron chi connectivity index (χ3n) is 5.52. The Morgan fingerprint density at radius 2 is 1.79 bits per heavy atom. The van der Waals surface area contributed by atoms with Gasteiger partial charge >= 0.3 is 12.2 Å². The fourth-order valence-corrected chi connectivity index (χ4v) is 3.62. The molecule has 29 heavy (non-hydrogen) atoms. The quantitative estimate of drug-likeness (QED) is 0.675. The van der Waals surface area contributed by atoms with Crippen LogP contribution < -0.4 is 4.90 Å². The molecular weight excluding hydrogens is 387 g/mol. The number of rotatable bonds is 6. The number of hydrogen-bond donors (Lipinski definition) is 0. The van der Waals surface area contributed by atoms with Gasteiger partial charge in [0.15, 0.2) is 0 Å². The molecule has 1 saturated heterocycles. The number of hydrogen-bond acceptors (Lipinski definition) is 3. The van der Waals surface area contributed by atoms with Gasteiger partial charge in [0.1, 0.15) is 19.1 Å². The van der Waals surface area contributed by atoms with E-state index in [0.717, 1.165) is 28.2 Å². The first-order chi connectivity index (χ1) is 13.5. The van der Waals surface area contributed by atoms with E-state index >= 15 is 0 Å². The first kappa shape index (κ1) is 21.1. The lowest BCUT2D eigenvalue weighted by Gasteiger charge is -2.31. The van der Waals surface area contributed by atoms with Crippen molar-refractivity contribution in [2.24, 2.45) is 5.92 Å². The Morgan fingerprint density at radius 3 is 2.31 bits per heavy atom. The summed E-state index contributed by atoms with van der Waals surface area (Å²) >= 11 is 0. The Labute approximate surface area is 167 Å². The standard InChI is InChI=1S/C20H24F3N3O3/c1-12-4-8-16(9-5-12)26-14(3)18(28)24(19(26)29)10-17(27)25(11-20(21,22)23)13(2)15-6-7-15/h4-5,8-9,13-15H,6-7,10-11H2,1-3H3/t13-,14+/m1/s1. The molecule has 6 nitrogen and oxygen atoms in total. The van der Waals surface area contributed by atoms with Gasteiger partial charge in [-0.05, 0) is 51.7 Å². The number of halogens is 3. The van der Waals surface area contributed by atoms with Crippen LogP contribution in [0.2, 0.25) is 0 Å². The Kier molecular flexibility index (Phi) is 5.60. The largest absolute Gasteiger partial charge is 0.406 e. The molecule has 2 aliphatic rings. The Balaban J connectivity index is 1.78. The average molecular weight is 411 g/mol. The van der Waals surface area contributed by atoms with Crippen molar-refractivity contribution in [2.45, 2.75) is 51.9 Å². The van der Waals surface area contributed by atoms with E-state index in [2.05, 4.69) is 0 Å². The lowest BCUT2D eigenvalue weighted by molar-refractivity contribution is -0.166. The van der Waals surface area contributed by atoms with E-state index < -0.39 is 49.2 Å². The van der Waals surface area contributed by atoms with Gasteiger partial charge in [0.2, 0.25) is 5.91 Å². The summed E-state index contributed by atoms with van der Waals surface area (Å²) in [5, 5.41) is 0. The molecule has 0 bridgehead atoms. The van der Waals surface area contributed by atoms with Crippen LogP contribution in [0.15, 0.2) is 24.3 Å². The molecule has 2 atom stereocenters.